The molecule has 0 aromatic heterocycles. The van der Waals surface area contributed by atoms with E-state index in [1.54, 1.807) is 0 Å². The molecule has 2 saturated heterocycles. The molecule has 3 rings (SSSR count). The van der Waals surface area contributed by atoms with E-state index in [1.807, 2.05) is 0 Å². The van der Waals surface area contributed by atoms with Gasteiger partial charge in [0.05, 0.1) is 0 Å². The van der Waals surface area contributed by atoms with Gasteiger partial charge in [-0.25, -0.2) is 0 Å². The third-order valence-corrected chi connectivity index (χ3v) is 4.74. The van der Waals surface area contributed by atoms with E-state index < -0.39 is 0 Å². The molecule has 15 heavy (non-hydrogen) atoms. The van der Waals surface area contributed by atoms with Crippen molar-refractivity contribution in [2.45, 2.75) is 51.0 Å². The van der Waals surface area contributed by atoms with E-state index in [9.17, 15) is 0 Å². The monoisotopic (exact) mass is 208 g/mol. The molecule has 2 nitrogen and oxygen atoms in total. The van der Waals surface area contributed by atoms with E-state index in [0.717, 1.165) is 11.5 Å². The Morgan fingerprint density at radius 2 is 1.93 bits per heavy atom. The van der Waals surface area contributed by atoms with E-state index in [-0.39, 0.29) is 0 Å². The van der Waals surface area contributed by atoms with Crippen LogP contribution >= 0.6 is 0 Å². The van der Waals surface area contributed by atoms with Gasteiger partial charge in [0.1, 0.15) is 0 Å². The van der Waals surface area contributed by atoms with Crippen LogP contribution in [-0.2, 0) is 0 Å². The molecule has 1 spiro atoms. The van der Waals surface area contributed by atoms with Gasteiger partial charge in [0.25, 0.3) is 0 Å². The molecule has 0 aromatic carbocycles. The molecule has 0 bridgehead atoms. The Hall–Kier alpha value is -0.0800. The summed E-state index contributed by atoms with van der Waals surface area (Å²) in [6, 6.07) is 0.838. The van der Waals surface area contributed by atoms with Gasteiger partial charge >= 0.3 is 0 Å². The third-order valence-electron chi connectivity index (χ3n) is 4.74. The number of rotatable bonds is 3. The maximum absolute atomic E-state index is 3.59. The molecule has 1 atom stereocenters. The first-order valence-electron chi connectivity index (χ1n) is 6.82. The molecule has 1 aliphatic carbocycles. The Kier molecular flexibility index (Phi) is 2.73. The second kappa shape index (κ2) is 4.06. The summed E-state index contributed by atoms with van der Waals surface area (Å²) in [5.41, 5.74) is 0.795. The fourth-order valence-electron chi connectivity index (χ4n) is 3.84. The summed E-state index contributed by atoms with van der Waals surface area (Å²) in [5.74, 6) is 0. The van der Waals surface area contributed by atoms with Crippen molar-refractivity contribution < 1.29 is 0 Å². The predicted molar refractivity (Wildman–Crippen MR) is 63.0 cm³/mol. The Morgan fingerprint density at radius 3 is 2.60 bits per heavy atom. The molecular weight excluding hydrogens is 184 g/mol. The highest BCUT2D eigenvalue weighted by Gasteiger charge is 2.44. The average molecular weight is 208 g/mol. The van der Waals surface area contributed by atoms with Crippen molar-refractivity contribution in [3.05, 3.63) is 0 Å². The minimum Gasteiger partial charge on any atom is -0.314 e. The average Bonchev–Trinajstić information content (AvgIpc) is 2.84. The lowest BCUT2D eigenvalue weighted by Crippen LogP contribution is -2.55. The summed E-state index contributed by atoms with van der Waals surface area (Å²) in [6.45, 7) is 5.44. The summed E-state index contributed by atoms with van der Waals surface area (Å²) in [5, 5.41) is 3.59. The Bertz CT molecular complexity index is 207. The van der Waals surface area contributed by atoms with Crippen LogP contribution in [0.5, 0.6) is 0 Å². The summed E-state index contributed by atoms with van der Waals surface area (Å²) >= 11 is 0. The first-order valence-corrected chi connectivity index (χ1v) is 6.82. The van der Waals surface area contributed by atoms with Crippen molar-refractivity contribution in [2.75, 3.05) is 26.2 Å². The van der Waals surface area contributed by atoms with Crippen LogP contribution in [0.4, 0.5) is 0 Å². The smallest absolute Gasteiger partial charge is 0.00797 e. The van der Waals surface area contributed by atoms with Crippen LogP contribution in [0.3, 0.4) is 0 Å². The standard InChI is InChI=1S/C13H24N2/c1-2-7-13(6-1)10-15(11-13)9-5-12-4-3-8-14-12/h12,14H,1-11H2. The topological polar surface area (TPSA) is 15.3 Å². The minimum absolute atomic E-state index is 0.795. The van der Waals surface area contributed by atoms with Gasteiger partial charge in [-0.3, -0.25) is 0 Å². The Balaban J connectivity index is 1.36. The van der Waals surface area contributed by atoms with Crippen molar-refractivity contribution in [2.24, 2.45) is 5.41 Å². The molecule has 2 heterocycles. The number of likely N-dealkylation sites (tertiary alicyclic amines) is 1. The summed E-state index contributed by atoms with van der Waals surface area (Å²) in [7, 11) is 0. The normalized spacial score (nSPS) is 34.8. The zero-order valence-electron chi connectivity index (χ0n) is 9.80. The maximum atomic E-state index is 3.59. The van der Waals surface area contributed by atoms with E-state index in [0.29, 0.717) is 0 Å². The molecular formula is C13H24N2. The quantitative estimate of drug-likeness (QED) is 0.763. The maximum Gasteiger partial charge on any atom is 0.00797 e. The first kappa shape index (κ1) is 10.1. The third kappa shape index (κ3) is 2.07. The van der Waals surface area contributed by atoms with Crippen LogP contribution in [0.25, 0.3) is 0 Å². The van der Waals surface area contributed by atoms with Crippen molar-refractivity contribution in [1.29, 1.82) is 0 Å². The largest absolute Gasteiger partial charge is 0.314 e. The molecule has 1 unspecified atom stereocenters. The molecule has 1 saturated carbocycles. The lowest BCUT2D eigenvalue weighted by atomic mass is 9.78. The van der Waals surface area contributed by atoms with Crippen molar-refractivity contribution in [3.63, 3.8) is 0 Å². The Labute approximate surface area is 93.4 Å². The van der Waals surface area contributed by atoms with Gasteiger partial charge in [-0.1, -0.05) is 12.8 Å². The second-order valence-electron chi connectivity index (χ2n) is 6.00. The lowest BCUT2D eigenvalue weighted by Gasteiger charge is -2.48. The predicted octanol–water partition coefficient (Wildman–Crippen LogP) is 2.00. The van der Waals surface area contributed by atoms with Gasteiger partial charge in [0.15, 0.2) is 0 Å². The van der Waals surface area contributed by atoms with Crippen LogP contribution in [0.2, 0.25) is 0 Å². The van der Waals surface area contributed by atoms with Crippen LogP contribution < -0.4 is 5.32 Å². The number of nitrogens with zero attached hydrogens (tertiary/aromatic N) is 1. The van der Waals surface area contributed by atoms with E-state index in [1.165, 1.54) is 71.1 Å². The van der Waals surface area contributed by atoms with Gasteiger partial charge in [0.2, 0.25) is 0 Å². The molecule has 0 aromatic rings. The van der Waals surface area contributed by atoms with Gasteiger partial charge in [-0.15, -0.1) is 0 Å². The molecule has 86 valence electrons. The van der Waals surface area contributed by atoms with Crippen LogP contribution in [0.15, 0.2) is 0 Å². The van der Waals surface area contributed by atoms with Gasteiger partial charge in [0, 0.05) is 19.1 Å². The zero-order chi connectivity index (χ0) is 10.1. The lowest BCUT2D eigenvalue weighted by molar-refractivity contribution is 0.00413. The number of hydrogen-bond donors (Lipinski definition) is 1. The molecule has 1 N–H and O–H groups in total. The van der Waals surface area contributed by atoms with Crippen molar-refractivity contribution in [3.8, 4) is 0 Å². The Morgan fingerprint density at radius 1 is 1.13 bits per heavy atom. The van der Waals surface area contributed by atoms with Crippen molar-refractivity contribution >= 4 is 0 Å². The number of hydrogen-bond acceptors (Lipinski definition) is 2. The number of nitrogens with one attached hydrogen (secondary N) is 1. The minimum atomic E-state index is 0.795. The van der Waals surface area contributed by atoms with Crippen LogP contribution in [0, 0.1) is 5.41 Å². The summed E-state index contributed by atoms with van der Waals surface area (Å²) < 4.78 is 0. The highest BCUT2D eigenvalue weighted by molar-refractivity contribution is 4.97. The second-order valence-corrected chi connectivity index (χ2v) is 6.00. The summed E-state index contributed by atoms with van der Waals surface area (Å²) in [4.78, 5) is 2.69. The fourth-order valence-corrected chi connectivity index (χ4v) is 3.84. The zero-order valence-corrected chi connectivity index (χ0v) is 9.80. The SMILES string of the molecule is C1CNC(CCN2CC3(CCCC3)C2)C1. The van der Waals surface area contributed by atoms with E-state index in [4.69, 9.17) is 0 Å². The van der Waals surface area contributed by atoms with Crippen LogP contribution in [0.1, 0.15) is 44.9 Å². The van der Waals surface area contributed by atoms with E-state index >= 15 is 0 Å². The van der Waals surface area contributed by atoms with E-state index in [2.05, 4.69) is 10.2 Å². The molecule has 3 fully saturated rings. The van der Waals surface area contributed by atoms with Gasteiger partial charge < -0.3 is 10.2 Å². The molecule has 2 aliphatic heterocycles. The molecule has 0 amide bonds. The highest BCUT2D eigenvalue weighted by Crippen LogP contribution is 2.45. The van der Waals surface area contributed by atoms with Crippen LogP contribution in [-0.4, -0.2) is 37.1 Å². The highest BCUT2D eigenvalue weighted by atomic mass is 15.2. The van der Waals surface area contributed by atoms with Gasteiger partial charge in [-0.2, -0.15) is 0 Å². The molecule has 3 aliphatic rings. The molecule has 0 radical (unpaired) electrons. The van der Waals surface area contributed by atoms with Gasteiger partial charge in [-0.05, 0) is 50.6 Å². The first-order chi connectivity index (χ1) is 7.36. The van der Waals surface area contributed by atoms with Crippen molar-refractivity contribution in [1.82, 2.24) is 10.2 Å². The summed E-state index contributed by atoms with van der Waals surface area (Å²) in [6.07, 6.45) is 10.2. The fraction of sp³-hybridized carbons (Fsp3) is 1.00. The molecule has 2 heteroatoms.